The molecule has 0 aromatic carbocycles. The van der Waals surface area contributed by atoms with Crippen LogP contribution in [0.1, 0.15) is 55.4 Å². The van der Waals surface area contributed by atoms with Crippen molar-refractivity contribution in [3.8, 4) is 0 Å². The first-order valence-corrected chi connectivity index (χ1v) is 12.9. The third-order valence-corrected chi connectivity index (χ3v) is 5.43. The Labute approximate surface area is 162 Å². The molecule has 0 spiro atoms. The fraction of sp³-hybridized carbons (Fsp3) is 0.950. The lowest BCUT2D eigenvalue weighted by Crippen LogP contribution is -2.45. The lowest BCUT2D eigenvalue weighted by atomic mass is 9.77. The molecule has 5 nitrogen and oxygen atoms in total. The van der Waals surface area contributed by atoms with Crippen LogP contribution >= 0.6 is 0 Å². The predicted octanol–water partition coefficient (Wildman–Crippen LogP) is 3.88. The lowest BCUT2D eigenvalue weighted by Gasteiger charge is -2.39. The van der Waals surface area contributed by atoms with Crippen LogP contribution in [0.2, 0.25) is 13.1 Å². The predicted molar refractivity (Wildman–Crippen MR) is 111 cm³/mol. The molecule has 0 aromatic rings. The molecule has 1 N–H and O–H groups in total. The molecular weight excluding hydrogens is 344 g/mol. The summed E-state index contributed by atoms with van der Waals surface area (Å²) < 4.78 is 12.1. The van der Waals surface area contributed by atoms with Crippen molar-refractivity contribution in [3.05, 3.63) is 0 Å². The Bertz CT molecular complexity index is 455. The van der Waals surface area contributed by atoms with Crippen molar-refractivity contribution in [2.45, 2.75) is 86.2 Å². The molecule has 0 radical (unpaired) electrons. The van der Waals surface area contributed by atoms with Crippen molar-refractivity contribution in [1.82, 2.24) is 10.2 Å². The summed E-state index contributed by atoms with van der Waals surface area (Å²) in [6, 6.07) is 0.430. The molecule has 1 heterocycles. The third-order valence-electron chi connectivity index (χ3n) is 4.59. The van der Waals surface area contributed by atoms with Crippen molar-refractivity contribution in [2.24, 2.45) is 17.3 Å². The van der Waals surface area contributed by atoms with E-state index in [0.29, 0.717) is 24.4 Å². The van der Waals surface area contributed by atoms with E-state index >= 15 is 0 Å². The monoisotopic (exact) mass is 386 g/mol. The number of nitrogens with one attached hydrogen (secondary N) is 1. The number of ether oxygens (including phenoxy) is 1. The number of amides is 1. The second kappa shape index (κ2) is 9.07. The van der Waals surface area contributed by atoms with Gasteiger partial charge in [-0.15, -0.1) is 0 Å². The maximum atomic E-state index is 12.6. The normalized spacial score (nSPS) is 23.0. The van der Waals surface area contributed by atoms with Gasteiger partial charge >= 0.3 is 6.09 Å². The summed E-state index contributed by atoms with van der Waals surface area (Å²) >= 11 is 0. The van der Waals surface area contributed by atoms with E-state index in [1.54, 1.807) is 0 Å². The highest BCUT2D eigenvalue weighted by molar-refractivity contribution is 6.48. The van der Waals surface area contributed by atoms with E-state index in [2.05, 4.69) is 53.0 Å². The second-order valence-electron chi connectivity index (χ2n) is 10.3. The molecule has 154 valence electrons. The molecule has 1 rings (SSSR count). The standard InChI is InChI=1S/C20H42N2O3Si/c1-14(2)21-11-15-12-22(18(23)24-20(6,7)8)13-16(15)17(19(3,4)5)25-26(9)10/h14-17,21,26H,11-13H2,1-10H3/t15-,16-,17?/m1/s1. The van der Waals surface area contributed by atoms with Crippen molar-refractivity contribution < 1.29 is 14.0 Å². The van der Waals surface area contributed by atoms with Gasteiger partial charge in [-0.2, -0.15) is 0 Å². The van der Waals surface area contributed by atoms with Crippen molar-refractivity contribution in [3.63, 3.8) is 0 Å². The van der Waals surface area contributed by atoms with Gasteiger partial charge in [0.25, 0.3) is 0 Å². The molecular formula is C20H42N2O3Si. The van der Waals surface area contributed by atoms with Gasteiger partial charge in [-0.25, -0.2) is 4.79 Å². The summed E-state index contributed by atoms with van der Waals surface area (Å²) in [6.45, 7) is 23.6. The zero-order valence-corrected chi connectivity index (χ0v) is 19.8. The van der Waals surface area contributed by atoms with Gasteiger partial charge in [0.2, 0.25) is 0 Å². The molecule has 3 atom stereocenters. The second-order valence-corrected chi connectivity index (χ2v) is 12.7. The average molecular weight is 387 g/mol. The van der Waals surface area contributed by atoms with Crippen molar-refractivity contribution in [2.75, 3.05) is 19.6 Å². The molecule has 1 fully saturated rings. The molecule has 1 aliphatic rings. The number of carbonyl (C=O) groups excluding carboxylic acids is 1. The summed E-state index contributed by atoms with van der Waals surface area (Å²) in [5, 5.41) is 3.56. The Balaban J connectivity index is 3.00. The quantitative estimate of drug-likeness (QED) is 0.704. The average Bonchev–Trinajstić information content (AvgIpc) is 2.83. The fourth-order valence-corrected chi connectivity index (χ4v) is 4.76. The summed E-state index contributed by atoms with van der Waals surface area (Å²) in [4.78, 5) is 14.5. The number of rotatable bonds is 6. The molecule has 1 saturated heterocycles. The molecule has 1 unspecified atom stereocenters. The van der Waals surface area contributed by atoms with Crippen LogP contribution in [0, 0.1) is 17.3 Å². The maximum absolute atomic E-state index is 12.6. The van der Waals surface area contributed by atoms with Crippen LogP contribution in [-0.2, 0) is 9.16 Å². The third kappa shape index (κ3) is 7.57. The Kier molecular flexibility index (Phi) is 8.17. The number of likely N-dealkylation sites (tertiary alicyclic amines) is 1. The van der Waals surface area contributed by atoms with Gasteiger partial charge in [0.05, 0.1) is 6.10 Å². The molecule has 0 aromatic heterocycles. The zero-order chi connectivity index (χ0) is 20.3. The van der Waals surface area contributed by atoms with E-state index in [4.69, 9.17) is 9.16 Å². The van der Waals surface area contributed by atoms with Crippen molar-refractivity contribution in [1.29, 1.82) is 0 Å². The van der Waals surface area contributed by atoms with Crippen LogP contribution in [0.5, 0.6) is 0 Å². The van der Waals surface area contributed by atoms with E-state index in [0.717, 1.165) is 13.1 Å². The Morgan fingerprint density at radius 3 is 2.15 bits per heavy atom. The lowest BCUT2D eigenvalue weighted by molar-refractivity contribution is 0.0142. The van der Waals surface area contributed by atoms with Gasteiger partial charge in [0, 0.05) is 31.6 Å². The van der Waals surface area contributed by atoms with E-state index in [1.165, 1.54) is 0 Å². The molecule has 0 saturated carbocycles. The number of hydrogen-bond donors (Lipinski definition) is 1. The molecule has 6 heteroatoms. The minimum Gasteiger partial charge on any atom is -0.444 e. The zero-order valence-electron chi connectivity index (χ0n) is 18.7. The summed E-state index contributed by atoms with van der Waals surface area (Å²) in [5.41, 5.74) is -0.423. The van der Waals surface area contributed by atoms with Gasteiger partial charge < -0.3 is 19.4 Å². The largest absolute Gasteiger partial charge is 0.444 e. The Morgan fingerprint density at radius 1 is 1.15 bits per heavy atom. The summed E-state index contributed by atoms with van der Waals surface area (Å²) in [6.07, 6.45) is -0.0513. The first kappa shape index (κ1) is 23.4. The van der Waals surface area contributed by atoms with E-state index in [9.17, 15) is 4.79 Å². The maximum Gasteiger partial charge on any atom is 0.410 e. The van der Waals surface area contributed by atoms with Gasteiger partial charge in [-0.1, -0.05) is 34.6 Å². The SMILES string of the molecule is CC(C)NC[C@@H]1CN(C(=O)OC(C)(C)C)C[C@H]1C(O[SiH](C)C)C(C)(C)C. The van der Waals surface area contributed by atoms with Crippen LogP contribution < -0.4 is 5.32 Å². The summed E-state index contributed by atoms with van der Waals surface area (Å²) in [5.74, 6) is 0.700. The van der Waals surface area contributed by atoms with Crippen molar-refractivity contribution >= 4 is 15.1 Å². The van der Waals surface area contributed by atoms with Gasteiger partial charge in [0.1, 0.15) is 5.60 Å². The Morgan fingerprint density at radius 2 is 1.73 bits per heavy atom. The number of nitrogens with zero attached hydrogens (tertiary/aromatic N) is 1. The minimum absolute atomic E-state index is 0.0436. The highest BCUT2D eigenvalue weighted by Crippen LogP contribution is 2.37. The highest BCUT2D eigenvalue weighted by Gasteiger charge is 2.45. The topological polar surface area (TPSA) is 50.8 Å². The molecule has 0 aliphatic carbocycles. The molecule has 0 bridgehead atoms. The number of carbonyl (C=O) groups is 1. The first-order valence-electron chi connectivity index (χ1n) is 10.1. The molecule has 26 heavy (non-hydrogen) atoms. The smallest absolute Gasteiger partial charge is 0.410 e. The van der Waals surface area contributed by atoms with E-state index in [-0.39, 0.29) is 17.6 Å². The highest BCUT2D eigenvalue weighted by atomic mass is 28.3. The first-order chi connectivity index (χ1) is 11.7. The fourth-order valence-electron chi connectivity index (χ4n) is 3.56. The molecule has 1 aliphatic heterocycles. The van der Waals surface area contributed by atoms with Crippen LogP contribution in [0.15, 0.2) is 0 Å². The van der Waals surface area contributed by atoms with E-state index in [1.807, 2.05) is 25.7 Å². The van der Waals surface area contributed by atoms with Crippen LogP contribution in [0.3, 0.4) is 0 Å². The minimum atomic E-state index is -1.19. The van der Waals surface area contributed by atoms with Crippen LogP contribution in [-0.4, -0.2) is 57.4 Å². The molecule has 1 amide bonds. The van der Waals surface area contributed by atoms with Crippen LogP contribution in [0.4, 0.5) is 4.79 Å². The number of hydrogen-bond acceptors (Lipinski definition) is 4. The van der Waals surface area contributed by atoms with Gasteiger partial charge in [-0.05, 0) is 45.2 Å². The Hall–Kier alpha value is -0.593. The van der Waals surface area contributed by atoms with Crippen LogP contribution in [0.25, 0.3) is 0 Å². The van der Waals surface area contributed by atoms with Gasteiger partial charge in [0.15, 0.2) is 9.04 Å². The summed E-state index contributed by atoms with van der Waals surface area (Å²) in [7, 11) is -1.19. The van der Waals surface area contributed by atoms with Gasteiger partial charge in [-0.3, -0.25) is 0 Å². The van der Waals surface area contributed by atoms with E-state index < -0.39 is 14.6 Å².